The minimum atomic E-state index is -0.515. The second-order valence-electron chi connectivity index (χ2n) is 4.96. The van der Waals surface area contributed by atoms with E-state index in [0.717, 1.165) is 23.3 Å². The van der Waals surface area contributed by atoms with Crippen LogP contribution in [0.2, 0.25) is 0 Å². The van der Waals surface area contributed by atoms with Crippen LogP contribution < -0.4 is 4.74 Å². The fourth-order valence-corrected chi connectivity index (χ4v) is 1.98. The average Bonchev–Trinajstić information content (AvgIpc) is 2.37. The molecule has 18 heavy (non-hydrogen) atoms. The monoisotopic (exact) mass is 251 g/mol. The van der Waals surface area contributed by atoms with E-state index in [2.05, 4.69) is 18.7 Å². The zero-order valence-electron chi connectivity index (χ0n) is 12.1. The van der Waals surface area contributed by atoms with Crippen molar-refractivity contribution in [1.29, 1.82) is 0 Å². The number of likely N-dealkylation sites (N-methyl/N-ethyl adjacent to an activating group) is 1. The lowest BCUT2D eigenvalue weighted by Gasteiger charge is -2.27. The molecule has 0 saturated heterocycles. The van der Waals surface area contributed by atoms with E-state index in [1.807, 2.05) is 32.2 Å². The molecule has 1 N–H and O–H groups in total. The van der Waals surface area contributed by atoms with E-state index in [0.29, 0.717) is 12.6 Å². The SMILES string of the molecule is CCC(C)N(C)CC(O)c1cc(C)ccc1OC. The molecule has 1 aromatic rings. The van der Waals surface area contributed by atoms with Gasteiger partial charge in [-0.05, 0) is 39.4 Å². The summed E-state index contributed by atoms with van der Waals surface area (Å²) in [5, 5.41) is 10.4. The first-order valence-electron chi connectivity index (χ1n) is 6.52. The van der Waals surface area contributed by atoms with Gasteiger partial charge in [0, 0.05) is 18.2 Å². The van der Waals surface area contributed by atoms with E-state index < -0.39 is 6.10 Å². The summed E-state index contributed by atoms with van der Waals surface area (Å²) in [7, 11) is 3.68. The topological polar surface area (TPSA) is 32.7 Å². The zero-order chi connectivity index (χ0) is 13.7. The van der Waals surface area contributed by atoms with Crippen molar-refractivity contribution in [2.45, 2.75) is 39.3 Å². The molecule has 0 aromatic heterocycles. The molecule has 3 heteroatoms. The van der Waals surface area contributed by atoms with Gasteiger partial charge in [-0.2, -0.15) is 0 Å². The highest BCUT2D eigenvalue weighted by atomic mass is 16.5. The normalized spacial score (nSPS) is 14.6. The van der Waals surface area contributed by atoms with Gasteiger partial charge in [-0.25, -0.2) is 0 Å². The molecule has 0 spiro atoms. The molecule has 2 unspecified atom stereocenters. The predicted molar refractivity (Wildman–Crippen MR) is 75.1 cm³/mol. The van der Waals surface area contributed by atoms with Crippen molar-refractivity contribution < 1.29 is 9.84 Å². The maximum Gasteiger partial charge on any atom is 0.124 e. The van der Waals surface area contributed by atoms with Crippen molar-refractivity contribution in [2.75, 3.05) is 20.7 Å². The quantitative estimate of drug-likeness (QED) is 0.844. The second kappa shape index (κ2) is 6.76. The van der Waals surface area contributed by atoms with Gasteiger partial charge in [-0.15, -0.1) is 0 Å². The Morgan fingerprint density at radius 1 is 1.39 bits per heavy atom. The van der Waals surface area contributed by atoms with E-state index in [-0.39, 0.29) is 0 Å². The lowest BCUT2D eigenvalue weighted by atomic mass is 10.0. The Morgan fingerprint density at radius 2 is 2.06 bits per heavy atom. The van der Waals surface area contributed by atoms with E-state index in [1.165, 1.54) is 0 Å². The molecule has 0 fully saturated rings. The molecule has 0 bridgehead atoms. The number of benzene rings is 1. The molecule has 0 amide bonds. The molecule has 3 nitrogen and oxygen atoms in total. The highest BCUT2D eigenvalue weighted by molar-refractivity contribution is 5.38. The summed E-state index contributed by atoms with van der Waals surface area (Å²) >= 11 is 0. The number of aliphatic hydroxyl groups is 1. The van der Waals surface area contributed by atoms with Crippen molar-refractivity contribution >= 4 is 0 Å². The Bertz CT molecular complexity index is 379. The van der Waals surface area contributed by atoms with Gasteiger partial charge in [0.2, 0.25) is 0 Å². The molecule has 1 aromatic carbocycles. The molecule has 0 saturated carbocycles. The van der Waals surface area contributed by atoms with Crippen LogP contribution in [0.5, 0.6) is 5.75 Å². The average molecular weight is 251 g/mol. The van der Waals surface area contributed by atoms with E-state index >= 15 is 0 Å². The summed E-state index contributed by atoms with van der Waals surface area (Å²) in [5.74, 6) is 0.755. The number of hydrogen-bond donors (Lipinski definition) is 1. The molecule has 0 aliphatic heterocycles. The van der Waals surface area contributed by atoms with Crippen molar-refractivity contribution in [2.24, 2.45) is 0 Å². The van der Waals surface area contributed by atoms with Crippen LogP contribution in [0.25, 0.3) is 0 Å². The molecule has 102 valence electrons. The Hall–Kier alpha value is -1.06. The van der Waals surface area contributed by atoms with Gasteiger partial charge < -0.3 is 14.7 Å². The van der Waals surface area contributed by atoms with Gasteiger partial charge in [0.25, 0.3) is 0 Å². The Morgan fingerprint density at radius 3 is 2.61 bits per heavy atom. The van der Waals surface area contributed by atoms with Crippen LogP contribution in [0.3, 0.4) is 0 Å². The van der Waals surface area contributed by atoms with Crippen LogP contribution in [0.4, 0.5) is 0 Å². The van der Waals surface area contributed by atoms with Crippen molar-refractivity contribution in [3.63, 3.8) is 0 Å². The van der Waals surface area contributed by atoms with Crippen LogP contribution in [0, 0.1) is 6.92 Å². The van der Waals surface area contributed by atoms with Gasteiger partial charge in [-0.3, -0.25) is 0 Å². The Kier molecular flexibility index (Phi) is 5.63. The number of ether oxygens (including phenoxy) is 1. The zero-order valence-corrected chi connectivity index (χ0v) is 12.1. The maximum atomic E-state index is 10.4. The molecule has 0 aliphatic rings. The van der Waals surface area contributed by atoms with E-state index in [4.69, 9.17) is 4.74 Å². The summed E-state index contributed by atoms with van der Waals surface area (Å²) in [6, 6.07) is 6.37. The summed E-state index contributed by atoms with van der Waals surface area (Å²) in [5.41, 5.74) is 2.00. The number of nitrogens with zero attached hydrogens (tertiary/aromatic N) is 1. The third kappa shape index (κ3) is 3.72. The lowest BCUT2D eigenvalue weighted by molar-refractivity contribution is 0.105. The molecule has 0 aliphatic carbocycles. The highest BCUT2D eigenvalue weighted by Gasteiger charge is 2.17. The molecule has 0 heterocycles. The van der Waals surface area contributed by atoms with E-state index in [9.17, 15) is 5.11 Å². The van der Waals surface area contributed by atoms with E-state index in [1.54, 1.807) is 7.11 Å². The minimum absolute atomic E-state index is 0.468. The first-order chi connectivity index (χ1) is 8.49. The van der Waals surface area contributed by atoms with Crippen molar-refractivity contribution in [1.82, 2.24) is 4.90 Å². The van der Waals surface area contributed by atoms with Gasteiger partial charge in [0.15, 0.2) is 0 Å². The third-order valence-electron chi connectivity index (χ3n) is 3.55. The second-order valence-corrected chi connectivity index (χ2v) is 4.96. The molecule has 0 radical (unpaired) electrons. The number of methoxy groups -OCH3 is 1. The van der Waals surface area contributed by atoms with Crippen LogP contribution in [0.15, 0.2) is 18.2 Å². The van der Waals surface area contributed by atoms with Crippen LogP contribution >= 0.6 is 0 Å². The molecular weight excluding hydrogens is 226 g/mol. The fourth-order valence-electron chi connectivity index (χ4n) is 1.98. The molecule has 2 atom stereocenters. The number of hydrogen-bond acceptors (Lipinski definition) is 3. The summed E-state index contributed by atoms with van der Waals surface area (Å²) in [6.45, 7) is 6.96. The lowest BCUT2D eigenvalue weighted by Crippen LogP contribution is -2.32. The van der Waals surface area contributed by atoms with Crippen LogP contribution in [0.1, 0.15) is 37.5 Å². The Labute approximate surface area is 110 Å². The van der Waals surface area contributed by atoms with Crippen LogP contribution in [-0.2, 0) is 0 Å². The Balaban J connectivity index is 2.83. The predicted octanol–water partition coefficient (Wildman–Crippen LogP) is 2.77. The fraction of sp³-hybridized carbons (Fsp3) is 0.600. The van der Waals surface area contributed by atoms with Crippen molar-refractivity contribution in [3.05, 3.63) is 29.3 Å². The van der Waals surface area contributed by atoms with Gasteiger partial charge in [0.05, 0.1) is 13.2 Å². The first-order valence-corrected chi connectivity index (χ1v) is 6.52. The molecule has 1 rings (SSSR count). The molecular formula is C15H25NO2. The maximum absolute atomic E-state index is 10.4. The number of aliphatic hydroxyl groups excluding tert-OH is 1. The standard InChI is InChI=1S/C15H25NO2/c1-6-12(3)16(4)10-14(17)13-9-11(2)7-8-15(13)18-5/h7-9,12,14,17H,6,10H2,1-5H3. The summed E-state index contributed by atoms with van der Waals surface area (Å²) in [4.78, 5) is 2.17. The van der Waals surface area contributed by atoms with Gasteiger partial charge in [0.1, 0.15) is 5.75 Å². The highest BCUT2D eigenvalue weighted by Crippen LogP contribution is 2.27. The number of aryl methyl sites for hydroxylation is 1. The summed E-state index contributed by atoms with van der Waals surface area (Å²) < 4.78 is 5.31. The van der Waals surface area contributed by atoms with Gasteiger partial charge >= 0.3 is 0 Å². The van der Waals surface area contributed by atoms with Gasteiger partial charge in [-0.1, -0.05) is 18.6 Å². The largest absolute Gasteiger partial charge is 0.496 e. The first kappa shape index (κ1) is 15.0. The summed E-state index contributed by atoms with van der Waals surface area (Å²) in [6.07, 6.45) is 0.563. The smallest absolute Gasteiger partial charge is 0.124 e. The van der Waals surface area contributed by atoms with Crippen molar-refractivity contribution in [3.8, 4) is 5.75 Å². The third-order valence-corrected chi connectivity index (χ3v) is 3.55. The van der Waals surface area contributed by atoms with Crippen LogP contribution in [-0.4, -0.2) is 36.8 Å². The number of rotatable bonds is 6. The minimum Gasteiger partial charge on any atom is -0.496 e.